The van der Waals surface area contributed by atoms with Gasteiger partial charge in [-0.1, -0.05) is 12.1 Å². The molecule has 0 aliphatic carbocycles. The fourth-order valence-corrected chi connectivity index (χ4v) is 2.41. The van der Waals surface area contributed by atoms with E-state index in [0.717, 1.165) is 17.3 Å². The van der Waals surface area contributed by atoms with E-state index in [1.807, 2.05) is 31.2 Å². The molecule has 1 aromatic carbocycles. The molecule has 1 unspecified atom stereocenters. The number of anilines is 2. The fraction of sp³-hybridized carbons (Fsp3) is 0.294. The Balaban J connectivity index is 1.82. The third kappa shape index (κ3) is 4.33. The fourth-order valence-electron chi connectivity index (χ4n) is 2.41. The van der Waals surface area contributed by atoms with E-state index >= 15 is 0 Å². The maximum absolute atomic E-state index is 13.1. The number of benzene rings is 1. The van der Waals surface area contributed by atoms with Crippen molar-refractivity contribution in [1.29, 1.82) is 0 Å². The minimum atomic E-state index is -4.55. The Kier molecular flexibility index (Phi) is 4.98. The van der Waals surface area contributed by atoms with Gasteiger partial charge in [0.05, 0.1) is 11.7 Å². The molecule has 2 aromatic heterocycles. The van der Waals surface area contributed by atoms with Crippen molar-refractivity contribution >= 4 is 11.8 Å². The van der Waals surface area contributed by atoms with Gasteiger partial charge in [-0.05, 0) is 24.6 Å². The van der Waals surface area contributed by atoms with Crippen LogP contribution < -0.4 is 10.2 Å². The van der Waals surface area contributed by atoms with E-state index < -0.39 is 11.9 Å². The van der Waals surface area contributed by atoms with Gasteiger partial charge < -0.3 is 10.2 Å². The van der Waals surface area contributed by atoms with Crippen LogP contribution in [0.5, 0.6) is 0 Å². The minimum absolute atomic E-state index is 0.0821. The summed E-state index contributed by atoms with van der Waals surface area (Å²) in [5.41, 5.74) is 0.706. The van der Waals surface area contributed by atoms with Gasteiger partial charge in [0, 0.05) is 20.2 Å². The number of hydrogen-bond acceptors (Lipinski definition) is 6. The lowest BCUT2D eigenvalue weighted by Gasteiger charge is -2.19. The SMILES string of the molecule is CC(Nc1nc(N(C)C)cc(C(F)(F)F)n1)c1ccc(-n2cncn2)cc1. The molecule has 0 aliphatic rings. The quantitative estimate of drug-likeness (QED) is 0.736. The first-order valence-corrected chi connectivity index (χ1v) is 8.09. The topological polar surface area (TPSA) is 71.8 Å². The summed E-state index contributed by atoms with van der Waals surface area (Å²) in [6.07, 6.45) is -1.53. The third-order valence-corrected chi connectivity index (χ3v) is 3.88. The van der Waals surface area contributed by atoms with Gasteiger partial charge in [0.2, 0.25) is 5.95 Å². The van der Waals surface area contributed by atoms with Crippen LogP contribution in [-0.4, -0.2) is 38.8 Å². The number of halogens is 3. The maximum atomic E-state index is 13.1. The molecule has 1 N–H and O–H groups in total. The van der Waals surface area contributed by atoms with E-state index in [0.29, 0.717) is 0 Å². The molecule has 0 amide bonds. The van der Waals surface area contributed by atoms with Gasteiger partial charge in [-0.15, -0.1) is 0 Å². The molecule has 0 bridgehead atoms. The van der Waals surface area contributed by atoms with Gasteiger partial charge in [0.1, 0.15) is 18.5 Å². The van der Waals surface area contributed by atoms with Crippen LogP contribution in [0.4, 0.5) is 24.9 Å². The van der Waals surface area contributed by atoms with Crippen molar-refractivity contribution in [3.8, 4) is 5.69 Å². The van der Waals surface area contributed by atoms with Crippen molar-refractivity contribution in [2.75, 3.05) is 24.3 Å². The molecule has 2 heterocycles. The molecule has 0 saturated heterocycles. The lowest BCUT2D eigenvalue weighted by atomic mass is 10.1. The Hall–Kier alpha value is -3.17. The van der Waals surface area contributed by atoms with Crippen LogP contribution in [0, 0.1) is 0 Å². The summed E-state index contributed by atoms with van der Waals surface area (Å²) in [5.74, 6) is 0.0925. The minimum Gasteiger partial charge on any atom is -0.363 e. The Bertz CT molecular complexity index is 890. The number of nitrogens with zero attached hydrogens (tertiary/aromatic N) is 6. The molecular weight excluding hydrogens is 359 g/mol. The standard InChI is InChI=1S/C17H18F3N7/c1-11(12-4-6-13(7-5-12)27-10-21-9-22-27)23-16-24-14(17(18,19)20)8-15(25-16)26(2)3/h4-11H,1-3H3,(H,23,24,25). The number of rotatable bonds is 5. The van der Waals surface area contributed by atoms with Crippen molar-refractivity contribution < 1.29 is 13.2 Å². The number of hydrogen-bond donors (Lipinski definition) is 1. The zero-order valence-electron chi connectivity index (χ0n) is 14.9. The molecule has 0 spiro atoms. The average molecular weight is 377 g/mol. The largest absolute Gasteiger partial charge is 0.433 e. The average Bonchev–Trinajstić information content (AvgIpc) is 3.15. The predicted octanol–water partition coefficient (Wildman–Crippen LogP) is 3.32. The van der Waals surface area contributed by atoms with E-state index in [4.69, 9.17) is 0 Å². The van der Waals surface area contributed by atoms with Gasteiger partial charge >= 0.3 is 6.18 Å². The predicted molar refractivity (Wildman–Crippen MR) is 94.8 cm³/mol. The third-order valence-electron chi connectivity index (χ3n) is 3.88. The van der Waals surface area contributed by atoms with Crippen LogP contribution in [0.15, 0.2) is 43.0 Å². The molecule has 1 atom stereocenters. The van der Waals surface area contributed by atoms with Crippen LogP contribution in [0.3, 0.4) is 0 Å². The summed E-state index contributed by atoms with van der Waals surface area (Å²) in [6.45, 7) is 1.82. The van der Waals surface area contributed by atoms with E-state index in [1.165, 1.54) is 11.2 Å². The molecular formula is C17H18F3N7. The summed E-state index contributed by atoms with van der Waals surface area (Å²) in [7, 11) is 3.25. The molecule has 142 valence electrons. The lowest BCUT2D eigenvalue weighted by Crippen LogP contribution is -2.18. The molecule has 10 heteroatoms. The van der Waals surface area contributed by atoms with Crippen molar-refractivity contribution in [1.82, 2.24) is 24.7 Å². The van der Waals surface area contributed by atoms with Crippen molar-refractivity contribution in [2.24, 2.45) is 0 Å². The monoisotopic (exact) mass is 377 g/mol. The zero-order valence-corrected chi connectivity index (χ0v) is 14.9. The highest BCUT2D eigenvalue weighted by atomic mass is 19.4. The Labute approximate surface area is 153 Å². The van der Waals surface area contributed by atoms with E-state index in [-0.39, 0.29) is 17.8 Å². The Morgan fingerprint density at radius 3 is 2.37 bits per heavy atom. The summed E-state index contributed by atoms with van der Waals surface area (Å²) in [4.78, 5) is 13.2. The smallest absolute Gasteiger partial charge is 0.363 e. The first-order chi connectivity index (χ1) is 12.7. The Morgan fingerprint density at radius 1 is 1.11 bits per heavy atom. The summed E-state index contributed by atoms with van der Waals surface area (Å²) >= 11 is 0. The van der Waals surface area contributed by atoms with Gasteiger partial charge in [-0.3, -0.25) is 0 Å². The molecule has 3 rings (SSSR count). The highest BCUT2D eigenvalue weighted by molar-refractivity contribution is 5.45. The number of aromatic nitrogens is 5. The first-order valence-electron chi connectivity index (χ1n) is 8.09. The highest BCUT2D eigenvalue weighted by Gasteiger charge is 2.34. The van der Waals surface area contributed by atoms with Gasteiger partial charge in [0.15, 0.2) is 5.69 Å². The summed E-state index contributed by atoms with van der Waals surface area (Å²) < 4.78 is 40.9. The van der Waals surface area contributed by atoms with Gasteiger partial charge in [-0.2, -0.15) is 23.3 Å². The molecule has 0 fully saturated rings. The summed E-state index contributed by atoms with van der Waals surface area (Å²) in [6, 6.07) is 8.03. The zero-order chi connectivity index (χ0) is 19.6. The van der Waals surface area contributed by atoms with Crippen LogP contribution >= 0.6 is 0 Å². The second kappa shape index (κ2) is 7.22. The van der Waals surface area contributed by atoms with Crippen LogP contribution in [0.1, 0.15) is 24.2 Å². The molecule has 3 aromatic rings. The van der Waals surface area contributed by atoms with Crippen LogP contribution in [-0.2, 0) is 6.18 Å². The van der Waals surface area contributed by atoms with Crippen molar-refractivity contribution in [2.45, 2.75) is 19.1 Å². The van der Waals surface area contributed by atoms with Gasteiger partial charge in [0.25, 0.3) is 0 Å². The second-order valence-electron chi connectivity index (χ2n) is 6.12. The molecule has 7 nitrogen and oxygen atoms in total. The van der Waals surface area contributed by atoms with E-state index in [2.05, 4.69) is 25.4 Å². The first kappa shape index (κ1) is 18.6. The molecule has 27 heavy (non-hydrogen) atoms. The second-order valence-corrected chi connectivity index (χ2v) is 6.12. The van der Waals surface area contributed by atoms with Gasteiger partial charge in [-0.25, -0.2) is 14.6 Å². The van der Waals surface area contributed by atoms with E-state index in [1.54, 1.807) is 25.1 Å². The number of alkyl halides is 3. The van der Waals surface area contributed by atoms with Crippen molar-refractivity contribution in [3.63, 3.8) is 0 Å². The Morgan fingerprint density at radius 2 is 1.81 bits per heavy atom. The number of nitrogens with one attached hydrogen (secondary N) is 1. The normalized spacial score (nSPS) is 12.7. The molecule has 0 radical (unpaired) electrons. The molecule has 0 saturated carbocycles. The summed E-state index contributed by atoms with van der Waals surface area (Å²) in [5, 5.41) is 6.98. The van der Waals surface area contributed by atoms with Crippen LogP contribution in [0.25, 0.3) is 5.69 Å². The van der Waals surface area contributed by atoms with Crippen molar-refractivity contribution in [3.05, 3.63) is 54.2 Å². The van der Waals surface area contributed by atoms with Crippen LogP contribution in [0.2, 0.25) is 0 Å². The highest BCUT2D eigenvalue weighted by Crippen LogP contribution is 2.31. The lowest BCUT2D eigenvalue weighted by molar-refractivity contribution is -0.141. The maximum Gasteiger partial charge on any atom is 0.433 e. The molecule has 0 aliphatic heterocycles. The van der Waals surface area contributed by atoms with E-state index in [9.17, 15) is 13.2 Å².